The first-order valence-electron chi connectivity index (χ1n) is 5.84. The SMILES string of the molecule is COC(=O)C(c1cc(OC)cc(OC)c1)C(C)C. The van der Waals surface area contributed by atoms with Crippen LogP contribution >= 0.6 is 0 Å². The maximum absolute atomic E-state index is 11.8. The lowest BCUT2D eigenvalue weighted by molar-refractivity contribution is -0.143. The van der Waals surface area contributed by atoms with E-state index in [0.29, 0.717) is 11.5 Å². The zero-order valence-corrected chi connectivity index (χ0v) is 11.5. The summed E-state index contributed by atoms with van der Waals surface area (Å²) in [5.74, 6) is 0.895. The molecule has 0 saturated carbocycles. The van der Waals surface area contributed by atoms with E-state index in [4.69, 9.17) is 14.2 Å². The standard InChI is InChI=1S/C14H20O4/c1-9(2)13(14(15)18-5)10-6-11(16-3)8-12(7-10)17-4/h6-9,13H,1-5H3. The molecule has 4 nitrogen and oxygen atoms in total. The lowest BCUT2D eigenvalue weighted by Crippen LogP contribution is -2.19. The van der Waals surface area contributed by atoms with E-state index in [0.717, 1.165) is 5.56 Å². The van der Waals surface area contributed by atoms with Gasteiger partial charge in [-0.15, -0.1) is 0 Å². The maximum atomic E-state index is 11.8. The summed E-state index contributed by atoms with van der Waals surface area (Å²) < 4.78 is 15.3. The first kappa shape index (κ1) is 14.4. The van der Waals surface area contributed by atoms with Gasteiger partial charge < -0.3 is 14.2 Å². The van der Waals surface area contributed by atoms with E-state index in [1.807, 2.05) is 26.0 Å². The highest BCUT2D eigenvalue weighted by atomic mass is 16.5. The predicted octanol–water partition coefficient (Wildman–Crippen LogP) is 2.62. The summed E-state index contributed by atoms with van der Waals surface area (Å²) in [6, 6.07) is 5.45. The number of benzene rings is 1. The number of ether oxygens (including phenoxy) is 3. The van der Waals surface area contributed by atoms with Crippen molar-refractivity contribution in [3.8, 4) is 11.5 Å². The van der Waals surface area contributed by atoms with Crippen LogP contribution in [0.25, 0.3) is 0 Å². The van der Waals surface area contributed by atoms with Crippen molar-refractivity contribution >= 4 is 5.97 Å². The van der Waals surface area contributed by atoms with E-state index in [1.165, 1.54) is 7.11 Å². The summed E-state index contributed by atoms with van der Waals surface area (Å²) >= 11 is 0. The molecule has 0 N–H and O–H groups in total. The number of carbonyl (C=O) groups is 1. The van der Waals surface area contributed by atoms with Gasteiger partial charge in [-0.2, -0.15) is 0 Å². The van der Waals surface area contributed by atoms with E-state index in [9.17, 15) is 4.79 Å². The average molecular weight is 252 g/mol. The molecule has 0 spiro atoms. The monoisotopic (exact) mass is 252 g/mol. The van der Waals surface area contributed by atoms with Gasteiger partial charge in [-0.05, 0) is 23.6 Å². The third-order valence-electron chi connectivity index (χ3n) is 2.85. The zero-order valence-electron chi connectivity index (χ0n) is 11.5. The molecular formula is C14H20O4. The molecule has 0 heterocycles. The molecule has 0 aromatic heterocycles. The largest absolute Gasteiger partial charge is 0.497 e. The third kappa shape index (κ3) is 3.15. The van der Waals surface area contributed by atoms with Crippen molar-refractivity contribution in [2.24, 2.45) is 5.92 Å². The van der Waals surface area contributed by atoms with Crippen molar-refractivity contribution in [1.29, 1.82) is 0 Å². The molecule has 1 unspecified atom stereocenters. The second-order valence-electron chi connectivity index (χ2n) is 4.39. The number of hydrogen-bond acceptors (Lipinski definition) is 4. The highest BCUT2D eigenvalue weighted by Crippen LogP contribution is 2.32. The summed E-state index contributed by atoms with van der Waals surface area (Å²) in [5, 5.41) is 0. The maximum Gasteiger partial charge on any atom is 0.313 e. The van der Waals surface area contributed by atoms with Gasteiger partial charge in [0.25, 0.3) is 0 Å². The Balaban J connectivity index is 3.22. The molecule has 18 heavy (non-hydrogen) atoms. The van der Waals surface area contributed by atoms with Crippen LogP contribution in [0.3, 0.4) is 0 Å². The summed E-state index contributed by atoms with van der Waals surface area (Å²) in [6.45, 7) is 3.96. The topological polar surface area (TPSA) is 44.8 Å². The molecule has 0 radical (unpaired) electrons. The van der Waals surface area contributed by atoms with Gasteiger partial charge >= 0.3 is 5.97 Å². The molecule has 100 valence electrons. The van der Waals surface area contributed by atoms with Gasteiger partial charge in [0.2, 0.25) is 0 Å². The summed E-state index contributed by atoms with van der Waals surface area (Å²) in [5.41, 5.74) is 0.841. The minimum absolute atomic E-state index is 0.134. The van der Waals surface area contributed by atoms with Crippen molar-refractivity contribution < 1.29 is 19.0 Å². The Morgan fingerprint density at radius 1 is 1.00 bits per heavy atom. The Morgan fingerprint density at radius 2 is 1.50 bits per heavy atom. The molecule has 0 aliphatic carbocycles. The molecule has 1 atom stereocenters. The van der Waals surface area contributed by atoms with Crippen LogP contribution in [0, 0.1) is 5.92 Å². The lowest BCUT2D eigenvalue weighted by Gasteiger charge is -2.20. The van der Waals surface area contributed by atoms with Gasteiger partial charge in [0.1, 0.15) is 11.5 Å². The van der Waals surface area contributed by atoms with Crippen molar-refractivity contribution in [2.45, 2.75) is 19.8 Å². The first-order chi connectivity index (χ1) is 8.53. The highest BCUT2D eigenvalue weighted by Gasteiger charge is 2.26. The van der Waals surface area contributed by atoms with Crippen molar-refractivity contribution in [2.75, 3.05) is 21.3 Å². The summed E-state index contributed by atoms with van der Waals surface area (Å²) in [6.07, 6.45) is 0. The minimum Gasteiger partial charge on any atom is -0.497 e. The Bertz CT molecular complexity index is 390. The Labute approximate surface area is 108 Å². The Hall–Kier alpha value is -1.71. The third-order valence-corrected chi connectivity index (χ3v) is 2.85. The smallest absolute Gasteiger partial charge is 0.313 e. The van der Waals surface area contributed by atoms with Gasteiger partial charge in [0, 0.05) is 6.07 Å². The molecular weight excluding hydrogens is 232 g/mol. The molecule has 1 aromatic rings. The van der Waals surface area contributed by atoms with Gasteiger partial charge in [-0.1, -0.05) is 13.8 Å². The second-order valence-corrected chi connectivity index (χ2v) is 4.39. The molecule has 0 amide bonds. The Morgan fingerprint density at radius 3 is 1.83 bits per heavy atom. The normalized spacial score (nSPS) is 12.1. The second kappa shape index (κ2) is 6.28. The minimum atomic E-state index is -0.320. The van der Waals surface area contributed by atoms with Gasteiger partial charge in [0.05, 0.1) is 27.2 Å². The highest BCUT2D eigenvalue weighted by molar-refractivity contribution is 5.78. The molecule has 1 aromatic carbocycles. The molecule has 4 heteroatoms. The van der Waals surface area contributed by atoms with E-state index in [2.05, 4.69) is 0 Å². The fourth-order valence-electron chi connectivity index (χ4n) is 1.93. The van der Waals surface area contributed by atoms with Crippen molar-refractivity contribution in [3.05, 3.63) is 23.8 Å². The van der Waals surface area contributed by atoms with Crippen LogP contribution in [-0.4, -0.2) is 27.3 Å². The van der Waals surface area contributed by atoms with Crippen molar-refractivity contribution in [3.63, 3.8) is 0 Å². The molecule has 0 bridgehead atoms. The van der Waals surface area contributed by atoms with Gasteiger partial charge in [-0.3, -0.25) is 4.79 Å². The first-order valence-corrected chi connectivity index (χ1v) is 5.84. The number of esters is 1. The van der Waals surface area contributed by atoms with Crippen molar-refractivity contribution in [1.82, 2.24) is 0 Å². The zero-order chi connectivity index (χ0) is 13.7. The van der Waals surface area contributed by atoms with Crippen LogP contribution in [0.5, 0.6) is 11.5 Å². The van der Waals surface area contributed by atoms with Crippen LogP contribution in [0.1, 0.15) is 25.3 Å². The molecule has 0 aliphatic heterocycles. The summed E-state index contributed by atoms with van der Waals surface area (Å²) in [4.78, 5) is 11.8. The van der Waals surface area contributed by atoms with Crippen LogP contribution < -0.4 is 9.47 Å². The summed E-state index contributed by atoms with van der Waals surface area (Å²) in [7, 11) is 4.57. The molecule has 0 aliphatic rings. The molecule has 0 fully saturated rings. The average Bonchev–Trinajstić information content (AvgIpc) is 2.37. The number of methoxy groups -OCH3 is 3. The molecule has 1 rings (SSSR count). The van der Waals surface area contributed by atoms with Crippen LogP contribution in [-0.2, 0) is 9.53 Å². The quantitative estimate of drug-likeness (QED) is 0.756. The number of rotatable bonds is 5. The van der Waals surface area contributed by atoms with Crippen LogP contribution in [0.15, 0.2) is 18.2 Å². The van der Waals surface area contributed by atoms with Crippen LogP contribution in [0.2, 0.25) is 0 Å². The van der Waals surface area contributed by atoms with Gasteiger partial charge in [-0.25, -0.2) is 0 Å². The van der Waals surface area contributed by atoms with Crippen LogP contribution in [0.4, 0.5) is 0 Å². The van der Waals surface area contributed by atoms with E-state index >= 15 is 0 Å². The predicted molar refractivity (Wildman–Crippen MR) is 69.1 cm³/mol. The fraction of sp³-hybridized carbons (Fsp3) is 0.500. The lowest BCUT2D eigenvalue weighted by atomic mass is 9.88. The number of carbonyl (C=O) groups excluding carboxylic acids is 1. The Kier molecular flexibility index (Phi) is 5.01. The molecule has 0 saturated heterocycles. The fourth-order valence-corrected chi connectivity index (χ4v) is 1.93. The van der Waals surface area contributed by atoms with E-state index < -0.39 is 0 Å². The number of hydrogen-bond donors (Lipinski definition) is 0. The van der Waals surface area contributed by atoms with Gasteiger partial charge in [0.15, 0.2) is 0 Å². The van der Waals surface area contributed by atoms with E-state index in [1.54, 1.807) is 20.3 Å². The van der Waals surface area contributed by atoms with E-state index in [-0.39, 0.29) is 17.8 Å².